The van der Waals surface area contributed by atoms with Gasteiger partial charge in [-0.2, -0.15) is 5.26 Å². The number of carbonyl (C=O) groups excluding carboxylic acids is 1. The van der Waals surface area contributed by atoms with E-state index in [0.717, 1.165) is 5.56 Å². The van der Waals surface area contributed by atoms with E-state index in [1.165, 1.54) is 0 Å². The molecule has 1 N–H and O–H groups in total. The molecule has 1 aliphatic heterocycles. The largest absolute Gasteiger partial charge is 0.341 e. The van der Waals surface area contributed by atoms with Gasteiger partial charge in [0.2, 0.25) is 0 Å². The highest BCUT2D eigenvalue weighted by molar-refractivity contribution is 6.10. The highest BCUT2D eigenvalue weighted by Crippen LogP contribution is 2.25. The molecule has 0 spiro atoms. The van der Waals surface area contributed by atoms with Crippen molar-refractivity contribution in [1.82, 2.24) is 10.2 Å². The Morgan fingerprint density at radius 1 is 1.19 bits per heavy atom. The zero-order chi connectivity index (χ0) is 19.4. The van der Waals surface area contributed by atoms with Crippen molar-refractivity contribution in [2.75, 3.05) is 13.6 Å². The number of nitriles is 1. The van der Waals surface area contributed by atoms with E-state index in [4.69, 9.17) is 10.3 Å². The number of hydrogen-bond acceptors (Lipinski definition) is 3. The van der Waals surface area contributed by atoms with Gasteiger partial charge in [-0.05, 0) is 31.5 Å². The van der Waals surface area contributed by atoms with Gasteiger partial charge in [-0.15, -0.1) is 0 Å². The Bertz CT molecular complexity index is 952. The monoisotopic (exact) mass is 358 g/mol. The number of benzene rings is 2. The van der Waals surface area contributed by atoms with E-state index >= 15 is 0 Å². The Kier molecular flexibility index (Phi) is 5.09. The first-order chi connectivity index (χ1) is 12.9. The van der Waals surface area contributed by atoms with Crippen molar-refractivity contribution in [3.05, 3.63) is 83.1 Å². The van der Waals surface area contributed by atoms with E-state index in [-0.39, 0.29) is 5.78 Å². The SMILES string of the molecule is CN1CC(C(=O)c2cccc(C#N)c2)=CNC1=NC(C)(C)c1ccccc1. The van der Waals surface area contributed by atoms with E-state index in [0.29, 0.717) is 29.2 Å². The Labute approximate surface area is 159 Å². The van der Waals surface area contributed by atoms with Gasteiger partial charge in [-0.3, -0.25) is 4.79 Å². The molecule has 1 heterocycles. The molecule has 0 fully saturated rings. The summed E-state index contributed by atoms with van der Waals surface area (Å²) < 4.78 is 0. The van der Waals surface area contributed by atoms with Crippen LogP contribution in [0.5, 0.6) is 0 Å². The van der Waals surface area contributed by atoms with Crippen molar-refractivity contribution >= 4 is 11.7 Å². The van der Waals surface area contributed by atoms with Gasteiger partial charge in [0.05, 0.1) is 23.7 Å². The molecule has 0 saturated heterocycles. The second-order valence-electron chi connectivity index (χ2n) is 7.05. The molecular weight excluding hydrogens is 336 g/mol. The van der Waals surface area contributed by atoms with Gasteiger partial charge in [-0.1, -0.05) is 42.5 Å². The summed E-state index contributed by atoms with van der Waals surface area (Å²) in [6, 6.07) is 18.9. The van der Waals surface area contributed by atoms with Crippen LogP contribution < -0.4 is 5.32 Å². The fourth-order valence-electron chi connectivity index (χ4n) is 2.98. The molecule has 2 aromatic rings. The van der Waals surface area contributed by atoms with Crippen LogP contribution in [0.1, 0.15) is 35.3 Å². The average Bonchev–Trinajstić information content (AvgIpc) is 2.69. The lowest BCUT2D eigenvalue weighted by Gasteiger charge is -2.30. The number of ketones is 1. The minimum atomic E-state index is -0.395. The van der Waals surface area contributed by atoms with Crippen molar-refractivity contribution in [3.8, 4) is 6.07 Å². The van der Waals surface area contributed by atoms with Crippen LogP contribution in [0.25, 0.3) is 0 Å². The Balaban J connectivity index is 1.82. The first-order valence-corrected chi connectivity index (χ1v) is 8.77. The molecule has 0 aliphatic carbocycles. The Morgan fingerprint density at radius 2 is 1.93 bits per heavy atom. The minimum absolute atomic E-state index is 0.0900. The van der Waals surface area contributed by atoms with Gasteiger partial charge in [0.1, 0.15) is 0 Å². The molecule has 3 rings (SSSR count). The Morgan fingerprint density at radius 3 is 2.59 bits per heavy atom. The summed E-state index contributed by atoms with van der Waals surface area (Å²) in [4.78, 5) is 19.5. The summed E-state index contributed by atoms with van der Waals surface area (Å²) in [7, 11) is 1.90. The summed E-state index contributed by atoms with van der Waals surface area (Å²) in [6.45, 7) is 4.57. The maximum absolute atomic E-state index is 12.7. The van der Waals surface area contributed by atoms with Crippen molar-refractivity contribution in [1.29, 1.82) is 5.26 Å². The highest BCUT2D eigenvalue weighted by Gasteiger charge is 2.25. The van der Waals surface area contributed by atoms with Crippen molar-refractivity contribution in [2.45, 2.75) is 19.4 Å². The quantitative estimate of drug-likeness (QED) is 0.850. The van der Waals surface area contributed by atoms with Gasteiger partial charge >= 0.3 is 0 Å². The maximum Gasteiger partial charge on any atom is 0.198 e. The second-order valence-corrected chi connectivity index (χ2v) is 7.05. The summed E-state index contributed by atoms with van der Waals surface area (Å²) in [5.74, 6) is 0.624. The zero-order valence-corrected chi connectivity index (χ0v) is 15.7. The van der Waals surface area contributed by atoms with Gasteiger partial charge in [0, 0.05) is 24.4 Å². The van der Waals surface area contributed by atoms with Gasteiger partial charge < -0.3 is 10.2 Å². The van der Waals surface area contributed by atoms with Crippen LogP contribution in [0, 0.1) is 11.3 Å². The van der Waals surface area contributed by atoms with Gasteiger partial charge in [0.25, 0.3) is 0 Å². The lowest BCUT2D eigenvalue weighted by atomic mass is 9.95. The van der Waals surface area contributed by atoms with Crippen LogP contribution >= 0.6 is 0 Å². The summed E-state index contributed by atoms with van der Waals surface area (Å²) in [5, 5.41) is 12.2. The van der Waals surface area contributed by atoms with E-state index in [9.17, 15) is 4.79 Å². The average molecular weight is 358 g/mol. The molecule has 0 atom stereocenters. The lowest BCUT2D eigenvalue weighted by Crippen LogP contribution is -2.44. The van der Waals surface area contributed by atoms with Crippen LogP contribution in [-0.4, -0.2) is 30.2 Å². The number of carbonyl (C=O) groups is 1. The number of nitrogens with zero attached hydrogens (tertiary/aromatic N) is 3. The third kappa shape index (κ3) is 4.06. The third-order valence-electron chi connectivity index (χ3n) is 4.56. The summed E-state index contributed by atoms with van der Waals surface area (Å²) >= 11 is 0. The van der Waals surface area contributed by atoms with Crippen LogP contribution in [0.3, 0.4) is 0 Å². The predicted octanol–water partition coefficient (Wildman–Crippen LogP) is 3.45. The first-order valence-electron chi connectivity index (χ1n) is 8.77. The molecule has 0 amide bonds. The molecule has 5 heteroatoms. The highest BCUT2D eigenvalue weighted by atomic mass is 16.1. The van der Waals surface area contributed by atoms with Crippen LogP contribution in [0.2, 0.25) is 0 Å². The van der Waals surface area contributed by atoms with Gasteiger partial charge in [-0.25, -0.2) is 4.99 Å². The van der Waals surface area contributed by atoms with Crippen LogP contribution in [0.15, 0.2) is 71.4 Å². The normalized spacial score (nSPS) is 15.7. The number of nitrogens with one attached hydrogen (secondary N) is 1. The molecule has 2 aromatic carbocycles. The molecule has 0 saturated carbocycles. The summed E-state index contributed by atoms with van der Waals surface area (Å²) in [5.41, 5.74) is 2.34. The number of Topliss-reactive ketones (excluding diaryl/α,β-unsaturated/α-hetero) is 1. The van der Waals surface area contributed by atoms with Gasteiger partial charge in [0.15, 0.2) is 11.7 Å². The number of aliphatic imine (C=N–C) groups is 1. The van der Waals surface area contributed by atoms with Crippen molar-refractivity contribution in [3.63, 3.8) is 0 Å². The summed E-state index contributed by atoms with van der Waals surface area (Å²) in [6.07, 6.45) is 1.71. The zero-order valence-electron chi connectivity index (χ0n) is 15.7. The number of rotatable bonds is 4. The smallest absolute Gasteiger partial charge is 0.198 e. The molecule has 5 nitrogen and oxygen atoms in total. The van der Waals surface area contributed by atoms with E-state index < -0.39 is 5.54 Å². The number of guanidine groups is 1. The topological polar surface area (TPSA) is 68.5 Å². The maximum atomic E-state index is 12.7. The number of likely N-dealkylation sites (N-methyl/N-ethyl adjacent to an activating group) is 1. The molecule has 27 heavy (non-hydrogen) atoms. The third-order valence-corrected chi connectivity index (χ3v) is 4.56. The van der Waals surface area contributed by atoms with Crippen LogP contribution in [-0.2, 0) is 5.54 Å². The number of hydrogen-bond donors (Lipinski definition) is 1. The predicted molar refractivity (Wildman–Crippen MR) is 106 cm³/mol. The second kappa shape index (κ2) is 7.46. The molecular formula is C22H22N4O. The van der Waals surface area contributed by atoms with Crippen LogP contribution in [0.4, 0.5) is 0 Å². The Hall–Kier alpha value is -3.39. The fourth-order valence-corrected chi connectivity index (χ4v) is 2.98. The molecule has 0 bridgehead atoms. The molecule has 0 radical (unpaired) electrons. The fraction of sp³-hybridized carbons (Fsp3) is 0.227. The van der Waals surface area contributed by atoms with E-state index in [1.54, 1.807) is 30.5 Å². The molecule has 136 valence electrons. The van der Waals surface area contributed by atoms with E-state index in [2.05, 4.69) is 37.4 Å². The first kappa shape index (κ1) is 18.4. The van der Waals surface area contributed by atoms with Crippen molar-refractivity contribution < 1.29 is 4.79 Å². The molecule has 1 aliphatic rings. The standard InChI is InChI=1S/C22H22N4O/c1-22(2,19-10-5-4-6-11-19)25-21-24-14-18(15-26(21)3)20(27)17-9-7-8-16(12-17)13-23/h4-12,14H,15H2,1-3H3,(H,24,25). The van der Waals surface area contributed by atoms with Crippen molar-refractivity contribution in [2.24, 2.45) is 4.99 Å². The molecule has 0 unspecified atom stereocenters. The minimum Gasteiger partial charge on any atom is -0.341 e. The lowest BCUT2D eigenvalue weighted by molar-refractivity contribution is 0.102. The van der Waals surface area contributed by atoms with E-state index in [1.807, 2.05) is 30.1 Å². The molecule has 0 aromatic heterocycles.